The van der Waals surface area contributed by atoms with Crippen molar-refractivity contribution in [2.45, 2.75) is 18.9 Å². The van der Waals surface area contributed by atoms with Crippen LogP contribution in [-0.2, 0) is 0 Å². The molecule has 1 fully saturated rings. The maximum Gasteiger partial charge on any atom is 0.131 e. The van der Waals surface area contributed by atoms with E-state index in [9.17, 15) is 5.11 Å². The SMILES string of the molecule is OC(CNc1cccc(Cl)n1)C1CC1. The van der Waals surface area contributed by atoms with E-state index in [0.29, 0.717) is 17.6 Å². The van der Waals surface area contributed by atoms with Crippen molar-refractivity contribution in [3.8, 4) is 0 Å². The Balaban J connectivity index is 1.84. The summed E-state index contributed by atoms with van der Waals surface area (Å²) in [6, 6.07) is 5.40. The Hall–Kier alpha value is -0.800. The minimum absolute atomic E-state index is 0.254. The van der Waals surface area contributed by atoms with E-state index in [1.807, 2.05) is 12.1 Å². The van der Waals surface area contributed by atoms with Gasteiger partial charge in [-0.3, -0.25) is 0 Å². The molecule has 3 nitrogen and oxygen atoms in total. The molecular formula is C10H13ClN2O. The lowest BCUT2D eigenvalue weighted by Crippen LogP contribution is -2.21. The van der Waals surface area contributed by atoms with Gasteiger partial charge in [-0.2, -0.15) is 0 Å². The molecule has 0 radical (unpaired) electrons. The number of rotatable bonds is 4. The van der Waals surface area contributed by atoms with Crippen LogP contribution in [0.5, 0.6) is 0 Å². The Bertz CT molecular complexity index is 315. The van der Waals surface area contributed by atoms with E-state index in [0.717, 1.165) is 18.7 Å². The van der Waals surface area contributed by atoms with Crippen LogP contribution >= 0.6 is 11.6 Å². The fourth-order valence-corrected chi connectivity index (χ4v) is 1.53. The fraction of sp³-hybridized carbons (Fsp3) is 0.500. The predicted octanol–water partition coefficient (Wildman–Crippen LogP) is 1.92. The van der Waals surface area contributed by atoms with Crippen LogP contribution in [-0.4, -0.2) is 22.7 Å². The first-order valence-corrected chi connectivity index (χ1v) is 5.18. The van der Waals surface area contributed by atoms with E-state index < -0.39 is 0 Å². The Morgan fingerprint density at radius 1 is 1.57 bits per heavy atom. The minimum atomic E-state index is -0.254. The maximum atomic E-state index is 9.60. The predicted molar refractivity (Wildman–Crippen MR) is 56.5 cm³/mol. The zero-order chi connectivity index (χ0) is 9.97. The molecule has 76 valence electrons. The van der Waals surface area contributed by atoms with Crippen molar-refractivity contribution >= 4 is 17.4 Å². The number of anilines is 1. The molecule has 0 saturated heterocycles. The summed E-state index contributed by atoms with van der Waals surface area (Å²) in [6.07, 6.45) is 2.04. The summed E-state index contributed by atoms with van der Waals surface area (Å²) in [5.74, 6) is 1.21. The number of hydrogen-bond donors (Lipinski definition) is 2. The summed E-state index contributed by atoms with van der Waals surface area (Å²) in [7, 11) is 0. The van der Waals surface area contributed by atoms with Crippen LogP contribution < -0.4 is 5.32 Å². The second-order valence-corrected chi connectivity index (χ2v) is 4.02. The van der Waals surface area contributed by atoms with Crippen LogP contribution in [0.15, 0.2) is 18.2 Å². The van der Waals surface area contributed by atoms with Crippen LogP contribution in [0.25, 0.3) is 0 Å². The monoisotopic (exact) mass is 212 g/mol. The first kappa shape index (κ1) is 9.74. The standard InChI is InChI=1S/C10H13ClN2O/c11-9-2-1-3-10(13-9)12-6-8(14)7-4-5-7/h1-3,7-8,14H,4-6H2,(H,12,13). The molecule has 0 spiro atoms. The van der Waals surface area contributed by atoms with Crippen molar-refractivity contribution in [1.82, 2.24) is 4.98 Å². The van der Waals surface area contributed by atoms with Gasteiger partial charge >= 0.3 is 0 Å². The fourth-order valence-electron chi connectivity index (χ4n) is 1.36. The summed E-state index contributed by atoms with van der Waals surface area (Å²) in [5, 5.41) is 13.1. The van der Waals surface area contributed by atoms with Crippen molar-refractivity contribution in [3.63, 3.8) is 0 Å². The molecule has 0 bridgehead atoms. The number of hydrogen-bond acceptors (Lipinski definition) is 3. The van der Waals surface area contributed by atoms with E-state index >= 15 is 0 Å². The van der Waals surface area contributed by atoms with Crippen LogP contribution in [0.1, 0.15) is 12.8 Å². The van der Waals surface area contributed by atoms with Gasteiger partial charge in [0.05, 0.1) is 6.10 Å². The van der Waals surface area contributed by atoms with E-state index in [4.69, 9.17) is 11.6 Å². The highest BCUT2D eigenvalue weighted by Gasteiger charge is 2.29. The van der Waals surface area contributed by atoms with Gasteiger partial charge in [-0.25, -0.2) is 4.98 Å². The third kappa shape index (κ3) is 2.59. The number of aliphatic hydroxyl groups excluding tert-OH is 1. The van der Waals surface area contributed by atoms with Crippen molar-refractivity contribution in [3.05, 3.63) is 23.4 Å². The lowest BCUT2D eigenvalue weighted by atomic mass is 10.2. The normalized spacial score (nSPS) is 17.9. The summed E-state index contributed by atoms with van der Waals surface area (Å²) < 4.78 is 0. The van der Waals surface area contributed by atoms with Gasteiger partial charge in [-0.1, -0.05) is 17.7 Å². The molecule has 0 amide bonds. The number of aliphatic hydroxyl groups is 1. The van der Waals surface area contributed by atoms with Crippen molar-refractivity contribution < 1.29 is 5.11 Å². The average Bonchev–Trinajstić information content (AvgIpc) is 2.97. The summed E-state index contributed by atoms with van der Waals surface area (Å²) in [4.78, 5) is 4.07. The molecule has 1 aliphatic carbocycles. The molecule has 1 aliphatic rings. The highest BCUT2D eigenvalue weighted by molar-refractivity contribution is 6.29. The zero-order valence-corrected chi connectivity index (χ0v) is 8.54. The van der Waals surface area contributed by atoms with Crippen molar-refractivity contribution in [2.75, 3.05) is 11.9 Å². The third-order valence-corrected chi connectivity index (χ3v) is 2.58. The number of pyridine rings is 1. The molecule has 2 rings (SSSR count). The number of aromatic nitrogens is 1. The number of halogens is 1. The van der Waals surface area contributed by atoms with Gasteiger partial charge < -0.3 is 10.4 Å². The van der Waals surface area contributed by atoms with Gasteiger partial charge in [0.15, 0.2) is 0 Å². The van der Waals surface area contributed by atoms with Gasteiger partial charge in [0.25, 0.3) is 0 Å². The molecule has 1 atom stereocenters. The molecule has 1 saturated carbocycles. The molecule has 0 aromatic carbocycles. The largest absolute Gasteiger partial charge is 0.391 e. The molecule has 2 N–H and O–H groups in total. The van der Waals surface area contributed by atoms with E-state index in [-0.39, 0.29) is 6.10 Å². The molecule has 1 unspecified atom stereocenters. The second kappa shape index (κ2) is 4.15. The molecule has 4 heteroatoms. The van der Waals surface area contributed by atoms with E-state index in [1.54, 1.807) is 6.07 Å². The van der Waals surface area contributed by atoms with Gasteiger partial charge in [0.1, 0.15) is 11.0 Å². The van der Waals surface area contributed by atoms with Crippen LogP contribution in [0.2, 0.25) is 5.15 Å². The van der Waals surface area contributed by atoms with E-state index in [1.165, 1.54) is 0 Å². The molecule has 0 aliphatic heterocycles. The minimum Gasteiger partial charge on any atom is -0.391 e. The lowest BCUT2D eigenvalue weighted by Gasteiger charge is -2.10. The van der Waals surface area contributed by atoms with Crippen molar-refractivity contribution in [2.24, 2.45) is 5.92 Å². The Labute approximate surface area is 88.1 Å². The molecule has 14 heavy (non-hydrogen) atoms. The molecule has 1 aromatic rings. The molecule has 1 heterocycles. The summed E-state index contributed by atoms with van der Waals surface area (Å²) in [5.41, 5.74) is 0. The summed E-state index contributed by atoms with van der Waals surface area (Å²) >= 11 is 5.72. The van der Waals surface area contributed by atoms with Crippen LogP contribution in [0.4, 0.5) is 5.82 Å². The third-order valence-electron chi connectivity index (χ3n) is 2.37. The lowest BCUT2D eigenvalue weighted by molar-refractivity contribution is 0.164. The van der Waals surface area contributed by atoms with E-state index in [2.05, 4.69) is 10.3 Å². The highest BCUT2D eigenvalue weighted by atomic mass is 35.5. The number of nitrogens with zero attached hydrogens (tertiary/aromatic N) is 1. The van der Waals surface area contributed by atoms with Crippen LogP contribution in [0.3, 0.4) is 0 Å². The molecule has 1 aromatic heterocycles. The Morgan fingerprint density at radius 2 is 2.36 bits per heavy atom. The van der Waals surface area contributed by atoms with Gasteiger partial charge in [-0.15, -0.1) is 0 Å². The van der Waals surface area contributed by atoms with Crippen molar-refractivity contribution in [1.29, 1.82) is 0 Å². The zero-order valence-electron chi connectivity index (χ0n) is 7.78. The smallest absolute Gasteiger partial charge is 0.131 e. The average molecular weight is 213 g/mol. The molecular weight excluding hydrogens is 200 g/mol. The highest BCUT2D eigenvalue weighted by Crippen LogP contribution is 2.32. The van der Waals surface area contributed by atoms with Gasteiger partial charge in [0, 0.05) is 6.54 Å². The van der Waals surface area contributed by atoms with Crippen LogP contribution in [0, 0.1) is 5.92 Å². The Morgan fingerprint density at radius 3 is 3.00 bits per heavy atom. The topological polar surface area (TPSA) is 45.1 Å². The van der Waals surface area contributed by atoms with Gasteiger partial charge in [0.2, 0.25) is 0 Å². The first-order chi connectivity index (χ1) is 6.75. The number of nitrogens with one attached hydrogen (secondary N) is 1. The first-order valence-electron chi connectivity index (χ1n) is 4.80. The Kier molecular flexibility index (Phi) is 2.89. The maximum absolute atomic E-state index is 9.60. The quantitative estimate of drug-likeness (QED) is 0.750. The second-order valence-electron chi connectivity index (χ2n) is 3.63. The van der Waals surface area contributed by atoms with Gasteiger partial charge in [-0.05, 0) is 30.9 Å². The summed E-state index contributed by atoms with van der Waals surface area (Å²) in [6.45, 7) is 0.554.